The Morgan fingerprint density at radius 1 is 1.44 bits per heavy atom. The second-order valence-electron chi connectivity index (χ2n) is 6.09. The first-order valence-electron chi connectivity index (χ1n) is 7.28. The van der Waals surface area contributed by atoms with Crippen molar-refractivity contribution in [2.45, 2.75) is 44.8 Å². The zero-order chi connectivity index (χ0) is 12.8. The number of carbonyl (C=O) groups excluding carboxylic acids is 1. The molecular weight excluding hydrogens is 228 g/mol. The number of nitrogens with zero attached hydrogens (tertiary/aromatic N) is 1. The van der Waals surface area contributed by atoms with Gasteiger partial charge < -0.3 is 15.0 Å². The topological polar surface area (TPSA) is 41.6 Å². The van der Waals surface area contributed by atoms with E-state index in [-0.39, 0.29) is 5.92 Å². The Hall–Kier alpha value is -0.610. The molecule has 2 unspecified atom stereocenters. The van der Waals surface area contributed by atoms with Crippen molar-refractivity contribution in [3.05, 3.63) is 0 Å². The first-order valence-corrected chi connectivity index (χ1v) is 7.28. The van der Waals surface area contributed by atoms with Gasteiger partial charge in [0.25, 0.3) is 0 Å². The van der Waals surface area contributed by atoms with Gasteiger partial charge in [0.2, 0.25) is 5.91 Å². The summed E-state index contributed by atoms with van der Waals surface area (Å²) in [6.07, 6.45) is 5.21. The van der Waals surface area contributed by atoms with Crippen molar-refractivity contribution in [1.82, 2.24) is 10.2 Å². The molecule has 0 aromatic carbocycles. The molecule has 2 saturated carbocycles. The molecule has 3 fully saturated rings. The molecule has 102 valence electrons. The van der Waals surface area contributed by atoms with Crippen LogP contribution in [0, 0.1) is 11.3 Å². The van der Waals surface area contributed by atoms with E-state index in [0.717, 1.165) is 26.1 Å². The van der Waals surface area contributed by atoms with Crippen molar-refractivity contribution in [2.24, 2.45) is 11.3 Å². The minimum Gasteiger partial charge on any atom is -0.378 e. The van der Waals surface area contributed by atoms with Crippen LogP contribution < -0.4 is 5.32 Å². The Kier molecular flexibility index (Phi) is 3.10. The Labute approximate surface area is 109 Å². The van der Waals surface area contributed by atoms with Crippen molar-refractivity contribution in [3.63, 3.8) is 0 Å². The highest BCUT2D eigenvalue weighted by Gasteiger charge is 2.61. The van der Waals surface area contributed by atoms with Crippen LogP contribution in [0.3, 0.4) is 0 Å². The molecule has 1 saturated heterocycles. The fraction of sp³-hybridized carbons (Fsp3) is 0.929. The van der Waals surface area contributed by atoms with Crippen LogP contribution in [-0.4, -0.2) is 49.7 Å². The second-order valence-corrected chi connectivity index (χ2v) is 6.09. The van der Waals surface area contributed by atoms with Crippen LogP contribution >= 0.6 is 0 Å². The zero-order valence-corrected chi connectivity index (χ0v) is 11.4. The minimum absolute atomic E-state index is 0.221. The van der Waals surface area contributed by atoms with E-state index >= 15 is 0 Å². The summed E-state index contributed by atoms with van der Waals surface area (Å²) in [4.78, 5) is 14.3. The fourth-order valence-corrected chi connectivity index (χ4v) is 3.85. The first-order chi connectivity index (χ1) is 8.69. The van der Waals surface area contributed by atoms with E-state index in [0.29, 0.717) is 23.5 Å². The molecule has 1 amide bonds. The maximum atomic E-state index is 12.3. The first kappa shape index (κ1) is 12.4. The molecule has 0 bridgehead atoms. The predicted octanol–water partition coefficient (Wildman–Crippen LogP) is 1.01. The van der Waals surface area contributed by atoms with E-state index in [2.05, 4.69) is 12.2 Å². The predicted molar refractivity (Wildman–Crippen MR) is 69.2 cm³/mol. The lowest BCUT2D eigenvalue weighted by atomic mass is 9.50. The Balaban J connectivity index is 1.64. The standard InChI is InChI=1S/C14H24N2O2/c1-3-18-12-7-11(14(12)5-4-6-14)16(2)13(17)10-8-15-9-10/h10-12,15H,3-9H2,1-2H3. The van der Waals surface area contributed by atoms with Crippen molar-refractivity contribution < 1.29 is 9.53 Å². The van der Waals surface area contributed by atoms with E-state index in [1.807, 2.05) is 11.9 Å². The quantitative estimate of drug-likeness (QED) is 0.812. The van der Waals surface area contributed by atoms with Crippen LogP contribution in [0.15, 0.2) is 0 Å². The summed E-state index contributed by atoms with van der Waals surface area (Å²) >= 11 is 0. The number of hydrogen-bond donors (Lipinski definition) is 1. The molecule has 2 aliphatic carbocycles. The van der Waals surface area contributed by atoms with Gasteiger partial charge in [-0.05, 0) is 26.2 Å². The fourth-order valence-electron chi connectivity index (χ4n) is 3.85. The molecule has 1 N–H and O–H groups in total. The number of hydrogen-bond acceptors (Lipinski definition) is 3. The molecule has 0 aromatic heterocycles. The molecule has 1 heterocycles. The highest BCUT2D eigenvalue weighted by atomic mass is 16.5. The summed E-state index contributed by atoms with van der Waals surface area (Å²) in [5.41, 5.74) is 0.303. The SMILES string of the molecule is CCOC1CC(N(C)C(=O)C2CNC2)C12CCC2. The molecule has 4 heteroatoms. The molecule has 0 aromatic rings. The van der Waals surface area contributed by atoms with E-state index in [9.17, 15) is 4.79 Å². The zero-order valence-electron chi connectivity index (χ0n) is 11.4. The van der Waals surface area contributed by atoms with Gasteiger partial charge in [0.05, 0.1) is 12.0 Å². The van der Waals surface area contributed by atoms with Crippen LogP contribution in [0.5, 0.6) is 0 Å². The number of carbonyl (C=O) groups is 1. The van der Waals surface area contributed by atoms with E-state index in [1.54, 1.807) is 0 Å². The summed E-state index contributed by atoms with van der Waals surface area (Å²) in [5, 5.41) is 3.18. The summed E-state index contributed by atoms with van der Waals surface area (Å²) in [6.45, 7) is 4.58. The lowest BCUT2D eigenvalue weighted by Gasteiger charge is -2.63. The largest absolute Gasteiger partial charge is 0.378 e. The van der Waals surface area contributed by atoms with Gasteiger partial charge in [-0.2, -0.15) is 0 Å². The van der Waals surface area contributed by atoms with Crippen LogP contribution in [0.2, 0.25) is 0 Å². The highest BCUT2D eigenvalue weighted by molar-refractivity contribution is 5.80. The maximum Gasteiger partial charge on any atom is 0.228 e. The molecule has 3 aliphatic rings. The molecule has 0 radical (unpaired) electrons. The van der Waals surface area contributed by atoms with Crippen molar-refractivity contribution in [3.8, 4) is 0 Å². The maximum absolute atomic E-state index is 12.3. The molecule has 2 atom stereocenters. The number of nitrogens with one attached hydrogen (secondary N) is 1. The van der Waals surface area contributed by atoms with E-state index in [1.165, 1.54) is 19.3 Å². The van der Waals surface area contributed by atoms with Crippen molar-refractivity contribution >= 4 is 5.91 Å². The number of rotatable bonds is 4. The summed E-state index contributed by atoms with van der Waals surface area (Å²) in [6, 6.07) is 0.427. The average Bonchev–Trinajstić information content (AvgIpc) is 2.18. The summed E-state index contributed by atoms with van der Waals surface area (Å²) in [7, 11) is 1.99. The number of ether oxygens (including phenoxy) is 1. The minimum atomic E-state index is 0.221. The summed E-state index contributed by atoms with van der Waals surface area (Å²) < 4.78 is 5.85. The van der Waals surface area contributed by atoms with Gasteiger partial charge in [-0.15, -0.1) is 0 Å². The van der Waals surface area contributed by atoms with Gasteiger partial charge in [0, 0.05) is 38.2 Å². The van der Waals surface area contributed by atoms with Crippen LogP contribution in [0.1, 0.15) is 32.6 Å². The van der Waals surface area contributed by atoms with Crippen LogP contribution in [0.25, 0.3) is 0 Å². The Morgan fingerprint density at radius 2 is 2.17 bits per heavy atom. The lowest BCUT2D eigenvalue weighted by molar-refractivity contribution is -0.204. The second kappa shape index (κ2) is 4.49. The van der Waals surface area contributed by atoms with Crippen molar-refractivity contribution in [1.29, 1.82) is 0 Å². The normalized spacial score (nSPS) is 33.4. The highest BCUT2D eigenvalue weighted by Crippen LogP contribution is 2.59. The van der Waals surface area contributed by atoms with Crippen molar-refractivity contribution in [2.75, 3.05) is 26.7 Å². The molecule has 1 spiro atoms. The van der Waals surface area contributed by atoms with E-state index in [4.69, 9.17) is 4.74 Å². The third-order valence-electron chi connectivity index (χ3n) is 5.34. The molecule has 4 nitrogen and oxygen atoms in total. The number of amides is 1. The monoisotopic (exact) mass is 252 g/mol. The average molecular weight is 252 g/mol. The van der Waals surface area contributed by atoms with Gasteiger partial charge in [-0.1, -0.05) is 6.42 Å². The van der Waals surface area contributed by atoms with E-state index < -0.39 is 0 Å². The molecule has 1 aliphatic heterocycles. The van der Waals surface area contributed by atoms with Crippen LogP contribution in [0.4, 0.5) is 0 Å². The van der Waals surface area contributed by atoms with Gasteiger partial charge in [0.15, 0.2) is 0 Å². The van der Waals surface area contributed by atoms with Gasteiger partial charge >= 0.3 is 0 Å². The Bertz CT molecular complexity index is 337. The third kappa shape index (κ3) is 1.62. The molecule has 3 rings (SSSR count). The van der Waals surface area contributed by atoms with Gasteiger partial charge in [-0.3, -0.25) is 4.79 Å². The third-order valence-corrected chi connectivity index (χ3v) is 5.34. The molecule has 18 heavy (non-hydrogen) atoms. The van der Waals surface area contributed by atoms with Gasteiger partial charge in [-0.25, -0.2) is 0 Å². The smallest absolute Gasteiger partial charge is 0.228 e. The Morgan fingerprint density at radius 3 is 2.61 bits per heavy atom. The molecular formula is C14H24N2O2. The van der Waals surface area contributed by atoms with Crippen LogP contribution in [-0.2, 0) is 9.53 Å². The summed E-state index contributed by atoms with van der Waals surface area (Å²) in [5.74, 6) is 0.554. The van der Waals surface area contributed by atoms with Gasteiger partial charge in [0.1, 0.15) is 0 Å². The lowest BCUT2D eigenvalue weighted by Crippen LogP contribution is -2.69.